The average Bonchev–Trinajstić information content (AvgIpc) is 3.20. The van der Waals surface area contributed by atoms with Crippen LogP contribution in [0.4, 0.5) is 0 Å². The van der Waals surface area contributed by atoms with Gasteiger partial charge in [-0.1, -0.05) is 42.8 Å². The number of rotatable bonds is 8. The Morgan fingerprint density at radius 1 is 1.12 bits per heavy atom. The number of tetrazole rings is 1. The van der Waals surface area contributed by atoms with E-state index in [1.807, 2.05) is 43.3 Å². The van der Waals surface area contributed by atoms with Crippen molar-refractivity contribution in [3.05, 3.63) is 60.2 Å². The number of carboxylic acid groups (broad SMARTS) is 1. The lowest BCUT2D eigenvalue weighted by Crippen LogP contribution is -2.25. The van der Waals surface area contributed by atoms with E-state index in [-0.39, 0.29) is 5.92 Å². The van der Waals surface area contributed by atoms with Crippen molar-refractivity contribution in [2.45, 2.75) is 32.1 Å². The average molecular weight is 351 g/mol. The maximum absolute atomic E-state index is 11.8. The molecule has 0 aliphatic rings. The molecule has 2 atom stereocenters. The van der Waals surface area contributed by atoms with E-state index >= 15 is 0 Å². The van der Waals surface area contributed by atoms with Crippen molar-refractivity contribution in [2.24, 2.45) is 5.92 Å². The summed E-state index contributed by atoms with van der Waals surface area (Å²) in [5, 5.41) is 23.8. The zero-order chi connectivity index (χ0) is 18.4. The Morgan fingerprint density at radius 2 is 1.81 bits per heavy atom. The summed E-state index contributed by atoms with van der Waals surface area (Å²) in [5.74, 6) is -1.24. The lowest BCUT2D eigenvalue weighted by Gasteiger charge is -2.21. The van der Waals surface area contributed by atoms with Gasteiger partial charge in [0.1, 0.15) is 0 Å². The first-order valence-corrected chi connectivity index (χ1v) is 8.64. The molecule has 0 fully saturated rings. The number of pyridine rings is 1. The van der Waals surface area contributed by atoms with Crippen LogP contribution in [-0.4, -0.2) is 36.7 Å². The molecule has 0 amide bonds. The Kier molecular flexibility index (Phi) is 5.68. The van der Waals surface area contributed by atoms with Crippen LogP contribution in [-0.2, 0) is 11.2 Å². The van der Waals surface area contributed by atoms with Gasteiger partial charge in [-0.2, -0.15) is 5.21 Å². The van der Waals surface area contributed by atoms with E-state index in [0.717, 1.165) is 23.1 Å². The van der Waals surface area contributed by atoms with Gasteiger partial charge in [-0.3, -0.25) is 9.78 Å². The maximum atomic E-state index is 11.8. The number of aliphatic carboxylic acids is 1. The fourth-order valence-corrected chi connectivity index (χ4v) is 3.18. The van der Waals surface area contributed by atoms with Crippen molar-refractivity contribution in [1.29, 1.82) is 0 Å². The SMILES string of the molecule is CCC[C@H](C(=O)O)[C@H](Cc1ccc(-c2ccncc2)cc1)c1nn[nH]n1. The molecule has 0 radical (unpaired) electrons. The van der Waals surface area contributed by atoms with Crippen LogP contribution in [0.3, 0.4) is 0 Å². The number of aromatic nitrogens is 5. The van der Waals surface area contributed by atoms with E-state index in [1.165, 1.54) is 0 Å². The molecule has 26 heavy (non-hydrogen) atoms. The molecule has 3 aromatic rings. The molecule has 0 aliphatic heterocycles. The van der Waals surface area contributed by atoms with Gasteiger partial charge in [0.05, 0.1) is 5.92 Å². The Balaban J connectivity index is 1.84. The molecule has 0 unspecified atom stereocenters. The first kappa shape index (κ1) is 17.7. The molecular weight excluding hydrogens is 330 g/mol. The van der Waals surface area contributed by atoms with Crippen molar-refractivity contribution in [3.8, 4) is 11.1 Å². The lowest BCUT2D eigenvalue weighted by atomic mass is 9.83. The zero-order valence-corrected chi connectivity index (χ0v) is 14.5. The number of H-pyrrole nitrogens is 1. The predicted molar refractivity (Wildman–Crippen MR) is 96.3 cm³/mol. The lowest BCUT2D eigenvalue weighted by molar-refractivity contribution is -0.142. The second-order valence-corrected chi connectivity index (χ2v) is 6.25. The highest BCUT2D eigenvalue weighted by atomic mass is 16.4. The van der Waals surface area contributed by atoms with Crippen molar-refractivity contribution in [1.82, 2.24) is 25.6 Å². The highest BCUT2D eigenvalue weighted by molar-refractivity contribution is 5.71. The van der Waals surface area contributed by atoms with E-state index in [0.29, 0.717) is 18.7 Å². The summed E-state index contributed by atoms with van der Waals surface area (Å²) in [5.41, 5.74) is 3.23. The van der Waals surface area contributed by atoms with Crippen LogP contribution < -0.4 is 0 Å². The van der Waals surface area contributed by atoms with Crippen molar-refractivity contribution >= 4 is 5.97 Å². The number of hydrogen-bond acceptors (Lipinski definition) is 5. The molecule has 0 saturated carbocycles. The Morgan fingerprint density at radius 3 is 2.38 bits per heavy atom. The molecule has 2 heterocycles. The first-order valence-electron chi connectivity index (χ1n) is 8.64. The number of nitrogens with zero attached hydrogens (tertiary/aromatic N) is 4. The highest BCUT2D eigenvalue weighted by Gasteiger charge is 2.31. The molecule has 7 nitrogen and oxygen atoms in total. The van der Waals surface area contributed by atoms with Crippen LogP contribution >= 0.6 is 0 Å². The van der Waals surface area contributed by atoms with Crippen molar-refractivity contribution in [3.63, 3.8) is 0 Å². The Hall–Kier alpha value is -3.09. The van der Waals surface area contributed by atoms with Crippen LogP contribution in [0.5, 0.6) is 0 Å². The van der Waals surface area contributed by atoms with E-state index in [2.05, 4.69) is 25.6 Å². The maximum Gasteiger partial charge on any atom is 0.307 e. The third-order valence-electron chi connectivity index (χ3n) is 4.52. The summed E-state index contributed by atoms with van der Waals surface area (Å²) >= 11 is 0. The second kappa shape index (κ2) is 8.33. The summed E-state index contributed by atoms with van der Waals surface area (Å²) in [7, 11) is 0. The van der Waals surface area contributed by atoms with Crippen LogP contribution in [0.25, 0.3) is 11.1 Å². The molecule has 0 bridgehead atoms. The van der Waals surface area contributed by atoms with Gasteiger partial charge < -0.3 is 5.11 Å². The number of nitrogens with one attached hydrogen (secondary N) is 1. The summed E-state index contributed by atoms with van der Waals surface area (Å²) < 4.78 is 0. The van der Waals surface area contributed by atoms with E-state index < -0.39 is 11.9 Å². The highest BCUT2D eigenvalue weighted by Crippen LogP contribution is 2.30. The van der Waals surface area contributed by atoms with Crippen molar-refractivity contribution in [2.75, 3.05) is 0 Å². The Bertz CT molecular complexity index is 819. The fraction of sp³-hybridized carbons (Fsp3) is 0.316. The van der Waals surface area contributed by atoms with Gasteiger partial charge >= 0.3 is 5.97 Å². The minimum absolute atomic E-state index is 0.321. The standard InChI is InChI=1S/C19H21N5O2/c1-2-3-16(19(25)26)17(18-21-23-24-22-18)12-13-4-6-14(7-5-13)15-8-10-20-11-9-15/h4-11,16-17H,2-3,12H2,1H3,(H,25,26)(H,21,22,23,24)/t16-,17-/m0/s1. The molecule has 2 N–H and O–H groups in total. The quantitative estimate of drug-likeness (QED) is 0.646. The van der Waals surface area contributed by atoms with Gasteiger partial charge in [0.2, 0.25) is 0 Å². The second-order valence-electron chi connectivity index (χ2n) is 6.25. The number of aromatic amines is 1. The van der Waals surface area contributed by atoms with Crippen LogP contribution in [0, 0.1) is 5.92 Å². The third-order valence-corrected chi connectivity index (χ3v) is 4.52. The van der Waals surface area contributed by atoms with Crippen molar-refractivity contribution < 1.29 is 9.90 Å². The first-order chi connectivity index (χ1) is 12.7. The summed E-state index contributed by atoms with van der Waals surface area (Å²) in [4.78, 5) is 15.8. The van der Waals surface area contributed by atoms with Gasteiger partial charge in [0, 0.05) is 18.3 Å². The van der Waals surface area contributed by atoms with E-state index in [4.69, 9.17) is 0 Å². The number of hydrogen-bond donors (Lipinski definition) is 2. The molecule has 3 rings (SSSR count). The number of carbonyl (C=O) groups is 1. The summed E-state index contributed by atoms with van der Waals surface area (Å²) in [6.45, 7) is 1.98. The molecule has 0 spiro atoms. The van der Waals surface area contributed by atoms with E-state index in [9.17, 15) is 9.90 Å². The molecule has 7 heteroatoms. The zero-order valence-electron chi connectivity index (χ0n) is 14.5. The molecular formula is C19H21N5O2. The monoisotopic (exact) mass is 351 g/mol. The Labute approximate surface area is 151 Å². The summed E-state index contributed by atoms with van der Waals surface area (Å²) in [6, 6.07) is 12.0. The number of carboxylic acids is 1. The minimum atomic E-state index is -0.824. The molecule has 1 aromatic carbocycles. The predicted octanol–water partition coefficient (Wildman–Crippen LogP) is 3.09. The van der Waals surface area contributed by atoms with Crippen LogP contribution in [0.2, 0.25) is 0 Å². The molecule has 0 aliphatic carbocycles. The molecule has 2 aromatic heterocycles. The van der Waals surface area contributed by atoms with Gasteiger partial charge in [-0.05, 0) is 41.7 Å². The number of benzene rings is 1. The van der Waals surface area contributed by atoms with Gasteiger partial charge in [-0.25, -0.2) is 0 Å². The van der Waals surface area contributed by atoms with Crippen LogP contribution in [0.15, 0.2) is 48.8 Å². The largest absolute Gasteiger partial charge is 0.481 e. The minimum Gasteiger partial charge on any atom is -0.481 e. The third kappa shape index (κ3) is 4.11. The fourth-order valence-electron chi connectivity index (χ4n) is 3.18. The van der Waals surface area contributed by atoms with Gasteiger partial charge in [-0.15, -0.1) is 10.2 Å². The van der Waals surface area contributed by atoms with E-state index in [1.54, 1.807) is 12.4 Å². The van der Waals surface area contributed by atoms with Crippen LogP contribution in [0.1, 0.15) is 37.1 Å². The van der Waals surface area contributed by atoms with Gasteiger partial charge in [0.25, 0.3) is 0 Å². The topological polar surface area (TPSA) is 105 Å². The molecule has 0 saturated heterocycles. The smallest absolute Gasteiger partial charge is 0.307 e. The normalized spacial score (nSPS) is 13.3. The van der Waals surface area contributed by atoms with Gasteiger partial charge in [0.15, 0.2) is 5.82 Å². The summed E-state index contributed by atoms with van der Waals surface area (Å²) in [6.07, 6.45) is 5.43. The molecule has 134 valence electrons.